The fraction of sp³-hybridized carbons (Fsp3) is 0. The summed E-state index contributed by atoms with van der Waals surface area (Å²) in [5.41, 5.74) is 7.01. The molecule has 152 valence electrons. The Labute approximate surface area is 198 Å². The molecule has 6 rings (SSSR count). The lowest BCUT2D eigenvalue weighted by molar-refractivity contribution is 0.669. The van der Waals surface area contributed by atoms with Gasteiger partial charge in [-0.15, -0.1) is 0 Å². The molecule has 0 aliphatic rings. The second-order valence-electron chi connectivity index (χ2n) is 7.62. The summed E-state index contributed by atoms with van der Waals surface area (Å²) in [6, 6.07) is 35.1. The maximum Gasteiger partial charge on any atom is 0.160 e. The van der Waals surface area contributed by atoms with Crippen molar-refractivity contribution >= 4 is 44.5 Å². The average Bonchev–Trinajstić information content (AvgIpc) is 3.23. The van der Waals surface area contributed by atoms with E-state index in [4.69, 9.17) is 14.4 Å². The van der Waals surface area contributed by atoms with E-state index >= 15 is 0 Å². The number of para-hydroxylation sites is 1. The number of furan rings is 1. The molecule has 0 bridgehead atoms. The van der Waals surface area contributed by atoms with Crippen LogP contribution in [0.15, 0.2) is 108 Å². The first kappa shape index (κ1) is 19.2. The highest BCUT2D eigenvalue weighted by atomic mass is 127. The van der Waals surface area contributed by atoms with Crippen LogP contribution in [0.3, 0.4) is 0 Å². The molecule has 0 saturated heterocycles. The SMILES string of the molecule is Ic1cc(-c2cccc3oc4ccccc4c23)nc(-c2cccc(-c3ccccc3)c2)n1. The Morgan fingerprint density at radius 2 is 1.31 bits per heavy atom. The maximum absolute atomic E-state index is 6.08. The van der Waals surface area contributed by atoms with Gasteiger partial charge in [0.05, 0.1) is 5.69 Å². The van der Waals surface area contributed by atoms with Gasteiger partial charge in [-0.2, -0.15) is 0 Å². The van der Waals surface area contributed by atoms with Crippen molar-refractivity contribution in [2.75, 3.05) is 0 Å². The Morgan fingerprint density at radius 3 is 2.22 bits per heavy atom. The van der Waals surface area contributed by atoms with Crippen LogP contribution in [0.5, 0.6) is 0 Å². The van der Waals surface area contributed by atoms with Gasteiger partial charge in [-0.25, -0.2) is 9.97 Å². The molecule has 0 aliphatic heterocycles. The Bertz CT molecular complexity index is 1590. The monoisotopic (exact) mass is 524 g/mol. The predicted octanol–water partition coefficient (Wildman–Crippen LogP) is 7.98. The van der Waals surface area contributed by atoms with Crippen molar-refractivity contribution in [1.82, 2.24) is 9.97 Å². The minimum Gasteiger partial charge on any atom is -0.456 e. The molecule has 4 heteroatoms. The molecule has 0 aliphatic carbocycles. The molecule has 2 aromatic heterocycles. The maximum atomic E-state index is 6.08. The molecule has 4 aromatic carbocycles. The van der Waals surface area contributed by atoms with Crippen LogP contribution in [0, 0.1) is 3.70 Å². The number of hydrogen-bond acceptors (Lipinski definition) is 3. The molecule has 0 amide bonds. The predicted molar refractivity (Wildman–Crippen MR) is 138 cm³/mol. The summed E-state index contributed by atoms with van der Waals surface area (Å²) in [4.78, 5) is 9.73. The van der Waals surface area contributed by atoms with E-state index in [1.165, 1.54) is 5.56 Å². The van der Waals surface area contributed by atoms with Crippen LogP contribution < -0.4 is 0 Å². The summed E-state index contributed by atoms with van der Waals surface area (Å²) in [6.07, 6.45) is 0. The summed E-state index contributed by atoms with van der Waals surface area (Å²) < 4.78 is 6.98. The van der Waals surface area contributed by atoms with Crippen LogP contribution >= 0.6 is 22.6 Å². The molecule has 0 atom stereocenters. The van der Waals surface area contributed by atoms with Gasteiger partial charge in [0.2, 0.25) is 0 Å². The van der Waals surface area contributed by atoms with Gasteiger partial charge in [0.1, 0.15) is 14.9 Å². The van der Waals surface area contributed by atoms with E-state index in [1.807, 2.05) is 42.5 Å². The Hall–Kier alpha value is -3.51. The van der Waals surface area contributed by atoms with E-state index in [1.54, 1.807) is 0 Å². The minimum absolute atomic E-state index is 0.717. The van der Waals surface area contributed by atoms with Gasteiger partial charge in [0.25, 0.3) is 0 Å². The van der Waals surface area contributed by atoms with Crippen LogP contribution in [-0.2, 0) is 0 Å². The van der Waals surface area contributed by atoms with E-state index in [-0.39, 0.29) is 0 Å². The molecular formula is C28H17IN2O. The number of hydrogen-bond donors (Lipinski definition) is 0. The molecule has 0 saturated carbocycles. The summed E-state index contributed by atoms with van der Waals surface area (Å²) >= 11 is 2.27. The lowest BCUT2D eigenvalue weighted by Crippen LogP contribution is -1.95. The van der Waals surface area contributed by atoms with Gasteiger partial charge in [-0.3, -0.25) is 0 Å². The first-order chi connectivity index (χ1) is 15.8. The van der Waals surface area contributed by atoms with E-state index in [9.17, 15) is 0 Å². The van der Waals surface area contributed by atoms with Gasteiger partial charge in [0.15, 0.2) is 5.82 Å². The van der Waals surface area contributed by atoms with Gasteiger partial charge in [-0.05, 0) is 58.0 Å². The quantitative estimate of drug-likeness (QED) is 0.174. The molecule has 0 radical (unpaired) electrons. The number of aromatic nitrogens is 2. The normalized spacial score (nSPS) is 11.3. The standard InChI is InChI=1S/C28H17IN2O/c29-26-17-23(21-13-7-15-25-27(21)22-12-4-5-14-24(22)32-25)30-28(31-26)20-11-6-10-19(16-20)18-8-2-1-3-9-18/h1-17H. The number of rotatable bonds is 3. The third-order valence-electron chi connectivity index (χ3n) is 5.60. The fourth-order valence-corrected chi connectivity index (χ4v) is 4.66. The third-order valence-corrected chi connectivity index (χ3v) is 6.15. The van der Waals surface area contributed by atoms with E-state index < -0.39 is 0 Å². The molecule has 6 aromatic rings. The fourth-order valence-electron chi connectivity index (χ4n) is 4.14. The number of benzene rings is 4. The first-order valence-corrected chi connectivity index (χ1v) is 11.5. The zero-order chi connectivity index (χ0) is 21.5. The molecule has 0 fully saturated rings. The van der Waals surface area contributed by atoms with E-state index in [0.717, 1.165) is 53.8 Å². The molecule has 2 heterocycles. The smallest absolute Gasteiger partial charge is 0.160 e. The lowest BCUT2D eigenvalue weighted by atomic mass is 10.0. The summed E-state index contributed by atoms with van der Waals surface area (Å²) in [5, 5.41) is 2.18. The summed E-state index contributed by atoms with van der Waals surface area (Å²) in [5.74, 6) is 0.717. The van der Waals surface area contributed by atoms with Crippen LogP contribution in [0.25, 0.3) is 55.7 Å². The molecule has 0 N–H and O–H groups in total. The van der Waals surface area contributed by atoms with Gasteiger partial charge < -0.3 is 4.42 Å². The van der Waals surface area contributed by atoms with Crippen molar-refractivity contribution in [3.63, 3.8) is 0 Å². The van der Waals surface area contributed by atoms with Crippen molar-refractivity contribution in [1.29, 1.82) is 0 Å². The van der Waals surface area contributed by atoms with Crippen molar-refractivity contribution in [3.05, 3.63) is 107 Å². The summed E-state index contributed by atoms with van der Waals surface area (Å²) in [7, 11) is 0. The van der Waals surface area contributed by atoms with E-state index in [0.29, 0.717) is 0 Å². The van der Waals surface area contributed by atoms with Crippen LogP contribution in [0.2, 0.25) is 0 Å². The highest BCUT2D eigenvalue weighted by molar-refractivity contribution is 14.1. The van der Waals surface area contributed by atoms with Gasteiger partial charge in [-0.1, -0.05) is 78.9 Å². The first-order valence-electron chi connectivity index (χ1n) is 10.4. The second kappa shape index (κ2) is 7.88. The molecule has 0 spiro atoms. The number of halogens is 1. The molecular weight excluding hydrogens is 507 g/mol. The zero-order valence-electron chi connectivity index (χ0n) is 17.0. The van der Waals surface area contributed by atoms with Crippen LogP contribution in [-0.4, -0.2) is 9.97 Å². The second-order valence-corrected chi connectivity index (χ2v) is 8.73. The van der Waals surface area contributed by atoms with Crippen molar-refractivity contribution in [3.8, 4) is 33.8 Å². The highest BCUT2D eigenvalue weighted by Gasteiger charge is 2.15. The largest absolute Gasteiger partial charge is 0.456 e. The van der Waals surface area contributed by atoms with E-state index in [2.05, 4.69) is 83.3 Å². The van der Waals surface area contributed by atoms with Gasteiger partial charge >= 0.3 is 0 Å². The number of fused-ring (bicyclic) bond motifs is 3. The van der Waals surface area contributed by atoms with Gasteiger partial charge in [0, 0.05) is 21.9 Å². The minimum atomic E-state index is 0.717. The average molecular weight is 524 g/mol. The Morgan fingerprint density at radius 1 is 0.594 bits per heavy atom. The Balaban J connectivity index is 1.53. The molecule has 32 heavy (non-hydrogen) atoms. The molecule has 3 nitrogen and oxygen atoms in total. The topological polar surface area (TPSA) is 38.9 Å². The lowest BCUT2D eigenvalue weighted by Gasteiger charge is -2.09. The molecule has 0 unspecified atom stereocenters. The highest BCUT2D eigenvalue weighted by Crippen LogP contribution is 2.36. The van der Waals surface area contributed by atoms with Crippen LogP contribution in [0.4, 0.5) is 0 Å². The van der Waals surface area contributed by atoms with Crippen LogP contribution in [0.1, 0.15) is 0 Å². The van der Waals surface area contributed by atoms with Crippen molar-refractivity contribution in [2.24, 2.45) is 0 Å². The van der Waals surface area contributed by atoms with Crippen molar-refractivity contribution in [2.45, 2.75) is 0 Å². The zero-order valence-corrected chi connectivity index (χ0v) is 19.2. The van der Waals surface area contributed by atoms with Crippen molar-refractivity contribution < 1.29 is 4.42 Å². The Kier molecular flexibility index (Phi) is 4.72. The number of nitrogens with zero attached hydrogens (tertiary/aromatic N) is 2. The third kappa shape index (κ3) is 3.37. The summed E-state index contributed by atoms with van der Waals surface area (Å²) in [6.45, 7) is 0.